The molecule has 3 N–H and O–H groups in total. The number of anilines is 1. The van der Waals surface area contributed by atoms with E-state index < -0.39 is 0 Å². The molecule has 1 aliphatic carbocycles. The minimum Gasteiger partial charge on any atom is -0.325 e. The Morgan fingerprint density at radius 1 is 1.37 bits per heavy atom. The summed E-state index contributed by atoms with van der Waals surface area (Å²) in [6.07, 6.45) is 5.08. The first-order valence-corrected chi connectivity index (χ1v) is 6.58. The molecule has 1 amide bonds. The van der Waals surface area contributed by atoms with Gasteiger partial charge in [0.15, 0.2) is 0 Å². The number of carbonyl (C=O) groups excluding carboxylic acids is 1. The van der Waals surface area contributed by atoms with Crippen molar-refractivity contribution in [3.05, 3.63) is 36.5 Å². The van der Waals surface area contributed by atoms with E-state index >= 15 is 0 Å². The molecule has 98 valence electrons. The summed E-state index contributed by atoms with van der Waals surface area (Å²) in [7, 11) is 0. The zero-order valence-corrected chi connectivity index (χ0v) is 10.7. The minimum absolute atomic E-state index is 0.0284. The third-order valence-corrected chi connectivity index (χ3v) is 3.74. The Kier molecular flexibility index (Phi) is 2.95. The molecule has 0 radical (unpaired) electrons. The first-order valence-electron chi connectivity index (χ1n) is 6.58. The number of nitrogens with zero attached hydrogens (tertiary/aromatic N) is 1. The molecule has 0 atom stereocenters. The number of para-hydroxylation sites is 1. The molecule has 4 nitrogen and oxygen atoms in total. The smallest absolute Gasteiger partial charge is 0.226 e. The maximum atomic E-state index is 11.9. The number of rotatable bonds is 3. The van der Waals surface area contributed by atoms with Gasteiger partial charge in [0.1, 0.15) is 0 Å². The van der Waals surface area contributed by atoms with Crippen molar-refractivity contribution in [2.45, 2.75) is 31.2 Å². The van der Waals surface area contributed by atoms with Crippen LogP contribution < -0.4 is 11.1 Å². The zero-order chi connectivity index (χ0) is 13.3. The Morgan fingerprint density at radius 2 is 2.16 bits per heavy atom. The minimum atomic E-state index is -0.283. The van der Waals surface area contributed by atoms with Gasteiger partial charge in [-0.1, -0.05) is 18.2 Å². The van der Waals surface area contributed by atoms with Crippen LogP contribution in [0.1, 0.15) is 25.7 Å². The van der Waals surface area contributed by atoms with Crippen LogP contribution >= 0.6 is 0 Å². The largest absolute Gasteiger partial charge is 0.325 e. The number of benzene rings is 1. The molecule has 19 heavy (non-hydrogen) atoms. The average Bonchev–Trinajstić information content (AvgIpc) is 2.36. The molecule has 0 aliphatic heterocycles. The second-order valence-electron chi connectivity index (χ2n) is 5.36. The van der Waals surface area contributed by atoms with Crippen molar-refractivity contribution in [3.63, 3.8) is 0 Å². The Hall–Kier alpha value is -1.94. The van der Waals surface area contributed by atoms with Crippen molar-refractivity contribution in [2.75, 3.05) is 5.32 Å². The van der Waals surface area contributed by atoms with Crippen molar-refractivity contribution in [3.8, 4) is 0 Å². The van der Waals surface area contributed by atoms with Gasteiger partial charge in [0, 0.05) is 17.3 Å². The first kappa shape index (κ1) is 12.1. The third kappa shape index (κ3) is 2.58. The van der Waals surface area contributed by atoms with E-state index in [0.29, 0.717) is 6.42 Å². The molecule has 1 aromatic heterocycles. The molecule has 1 aliphatic rings. The summed E-state index contributed by atoms with van der Waals surface area (Å²) in [6.45, 7) is 0. The van der Waals surface area contributed by atoms with Gasteiger partial charge in [-0.25, -0.2) is 0 Å². The number of nitrogens with one attached hydrogen (secondary N) is 1. The second kappa shape index (κ2) is 4.63. The molecule has 1 fully saturated rings. The maximum Gasteiger partial charge on any atom is 0.226 e. The summed E-state index contributed by atoms with van der Waals surface area (Å²) < 4.78 is 0. The van der Waals surface area contributed by atoms with E-state index in [4.69, 9.17) is 5.73 Å². The number of hydrogen-bond acceptors (Lipinski definition) is 3. The number of aromatic nitrogens is 1. The molecule has 3 rings (SSSR count). The summed E-state index contributed by atoms with van der Waals surface area (Å²) in [4.78, 5) is 16.3. The first-order chi connectivity index (χ1) is 9.15. The predicted molar refractivity (Wildman–Crippen MR) is 75.8 cm³/mol. The van der Waals surface area contributed by atoms with Gasteiger partial charge < -0.3 is 11.1 Å². The lowest BCUT2D eigenvalue weighted by molar-refractivity contribution is -0.118. The summed E-state index contributed by atoms with van der Waals surface area (Å²) in [6, 6.07) is 9.77. The Labute approximate surface area is 112 Å². The van der Waals surface area contributed by atoms with E-state index in [1.165, 1.54) is 0 Å². The molecular formula is C15H17N3O. The van der Waals surface area contributed by atoms with Crippen molar-refractivity contribution in [1.29, 1.82) is 0 Å². The fourth-order valence-electron chi connectivity index (χ4n) is 2.47. The Morgan fingerprint density at radius 3 is 2.89 bits per heavy atom. The fraction of sp³-hybridized carbons (Fsp3) is 0.333. The molecule has 0 bridgehead atoms. The van der Waals surface area contributed by atoms with Crippen LogP contribution in [0, 0.1) is 0 Å². The highest BCUT2D eigenvalue weighted by Gasteiger charge is 2.34. The van der Waals surface area contributed by atoms with Gasteiger partial charge in [0.05, 0.1) is 17.4 Å². The third-order valence-electron chi connectivity index (χ3n) is 3.74. The van der Waals surface area contributed by atoms with Gasteiger partial charge in [0.25, 0.3) is 0 Å². The van der Waals surface area contributed by atoms with Crippen LogP contribution in [0.25, 0.3) is 10.9 Å². The van der Waals surface area contributed by atoms with Gasteiger partial charge >= 0.3 is 0 Å². The number of nitrogens with two attached hydrogens (primary N) is 1. The number of amides is 1. The molecule has 0 saturated heterocycles. The summed E-state index contributed by atoms with van der Waals surface area (Å²) >= 11 is 0. The summed E-state index contributed by atoms with van der Waals surface area (Å²) in [5.41, 5.74) is 7.44. The van der Waals surface area contributed by atoms with Gasteiger partial charge in [-0.2, -0.15) is 0 Å². The highest BCUT2D eigenvalue weighted by atomic mass is 16.1. The SMILES string of the molecule is NC1(CC(=O)Nc2cnc3ccccc3c2)CCC1. The lowest BCUT2D eigenvalue weighted by atomic mass is 9.75. The van der Waals surface area contributed by atoms with Crippen LogP contribution in [0.4, 0.5) is 5.69 Å². The van der Waals surface area contributed by atoms with Gasteiger partial charge in [-0.15, -0.1) is 0 Å². The quantitative estimate of drug-likeness (QED) is 0.885. The van der Waals surface area contributed by atoms with E-state index in [1.54, 1.807) is 6.20 Å². The molecule has 0 spiro atoms. The topological polar surface area (TPSA) is 68.0 Å². The van der Waals surface area contributed by atoms with Gasteiger partial charge in [0.2, 0.25) is 5.91 Å². The van der Waals surface area contributed by atoms with E-state index in [1.807, 2.05) is 30.3 Å². The fourth-order valence-corrected chi connectivity index (χ4v) is 2.47. The van der Waals surface area contributed by atoms with Crippen molar-refractivity contribution >= 4 is 22.5 Å². The normalized spacial score (nSPS) is 16.9. The molecule has 1 saturated carbocycles. The average molecular weight is 255 g/mol. The van der Waals surface area contributed by atoms with Crippen molar-refractivity contribution < 1.29 is 4.79 Å². The van der Waals surface area contributed by atoms with Crippen molar-refractivity contribution in [2.24, 2.45) is 5.73 Å². The van der Waals surface area contributed by atoms with Gasteiger partial charge in [-0.05, 0) is 31.4 Å². The number of fused-ring (bicyclic) bond motifs is 1. The van der Waals surface area contributed by atoms with Crippen LogP contribution in [0.5, 0.6) is 0 Å². The van der Waals surface area contributed by atoms with Gasteiger partial charge in [-0.3, -0.25) is 9.78 Å². The van der Waals surface area contributed by atoms with Crippen molar-refractivity contribution in [1.82, 2.24) is 4.98 Å². The number of carbonyl (C=O) groups is 1. The molecular weight excluding hydrogens is 238 g/mol. The van der Waals surface area contributed by atoms with E-state index in [2.05, 4.69) is 10.3 Å². The summed E-state index contributed by atoms with van der Waals surface area (Å²) in [5, 5.41) is 3.90. The van der Waals surface area contributed by atoms with Crippen LogP contribution in [0.15, 0.2) is 36.5 Å². The highest BCUT2D eigenvalue weighted by molar-refractivity contribution is 5.93. The maximum absolute atomic E-state index is 11.9. The molecule has 0 unspecified atom stereocenters. The van der Waals surface area contributed by atoms with E-state index in [0.717, 1.165) is 35.9 Å². The van der Waals surface area contributed by atoms with Crippen LogP contribution in [0.3, 0.4) is 0 Å². The zero-order valence-electron chi connectivity index (χ0n) is 10.7. The lowest BCUT2D eigenvalue weighted by Gasteiger charge is -2.37. The molecule has 1 heterocycles. The Bertz CT molecular complexity index is 620. The Balaban J connectivity index is 1.72. The van der Waals surface area contributed by atoms with Crippen LogP contribution in [0.2, 0.25) is 0 Å². The molecule has 4 heteroatoms. The number of hydrogen-bond donors (Lipinski definition) is 2. The van der Waals surface area contributed by atoms with E-state index in [9.17, 15) is 4.79 Å². The molecule has 2 aromatic rings. The standard InChI is InChI=1S/C15H17N3O/c16-15(6-3-7-15)9-14(19)18-12-8-11-4-1-2-5-13(11)17-10-12/h1-2,4-5,8,10H,3,6-7,9,16H2,(H,18,19). The second-order valence-corrected chi connectivity index (χ2v) is 5.36. The van der Waals surface area contributed by atoms with Crippen LogP contribution in [-0.2, 0) is 4.79 Å². The summed E-state index contributed by atoms with van der Waals surface area (Å²) in [5.74, 6) is -0.0284. The number of pyridine rings is 1. The van der Waals surface area contributed by atoms with E-state index in [-0.39, 0.29) is 11.4 Å². The monoisotopic (exact) mass is 255 g/mol. The lowest BCUT2D eigenvalue weighted by Crippen LogP contribution is -2.48. The predicted octanol–water partition coefficient (Wildman–Crippen LogP) is 2.44. The van der Waals surface area contributed by atoms with Crippen LogP contribution in [-0.4, -0.2) is 16.4 Å². The molecule has 1 aromatic carbocycles. The highest BCUT2D eigenvalue weighted by Crippen LogP contribution is 2.32.